The first kappa shape index (κ1) is 18.1. The summed E-state index contributed by atoms with van der Waals surface area (Å²) in [6, 6.07) is 0.0300. The maximum absolute atomic E-state index is 11.8. The maximum atomic E-state index is 11.8. The van der Waals surface area contributed by atoms with Crippen LogP contribution in [0.4, 0.5) is 0 Å². The van der Waals surface area contributed by atoms with Crippen molar-refractivity contribution in [3.05, 3.63) is 27.7 Å². The van der Waals surface area contributed by atoms with Gasteiger partial charge in [0.05, 0.1) is 18.9 Å². The standard InChI is InChI=1S/C14H22N2O6/c1-3-10(14(21)22)16-9(8-18)6-12(19)13(20)11(16)7-15(2)4-5-17/h6,10,17-18,20H,3-5,7-8H2,1-2H3,(H,21,22). The van der Waals surface area contributed by atoms with Gasteiger partial charge >= 0.3 is 5.97 Å². The summed E-state index contributed by atoms with van der Waals surface area (Å²) in [6.07, 6.45) is 0.224. The van der Waals surface area contributed by atoms with Gasteiger partial charge in [0.15, 0.2) is 5.75 Å². The van der Waals surface area contributed by atoms with E-state index in [4.69, 9.17) is 5.11 Å². The van der Waals surface area contributed by atoms with E-state index in [1.165, 1.54) is 4.57 Å². The molecule has 0 saturated carbocycles. The van der Waals surface area contributed by atoms with Crippen molar-refractivity contribution < 1.29 is 25.2 Å². The Balaban J connectivity index is 3.51. The normalized spacial score (nSPS) is 12.6. The van der Waals surface area contributed by atoms with E-state index >= 15 is 0 Å². The summed E-state index contributed by atoms with van der Waals surface area (Å²) in [5, 5.41) is 37.8. The number of hydrogen-bond acceptors (Lipinski definition) is 6. The lowest BCUT2D eigenvalue weighted by Gasteiger charge is -2.26. The summed E-state index contributed by atoms with van der Waals surface area (Å²) in [4.78, 5) is 24.9. The van der Waals surface area contributed by atoms with E-state index in [2.05, 4.69) is 0 Å². The van der Waals surface area contributed by atoms with Crippen LogP contribution in [0.25, 0.3) is 0 Å². The molecule has 1 atom stereocenters. The first-order valence-electron chi connectivity index (χ1n) is 6.96. The summed E-state index contributed by atoms with van der Waals surface area (Å²) in [5.41, 5.74) is -0.431. The number of nitrogens with zero attached hydrogens (tertiary/aromatic N) is 2. The Hall–Kier alpha value is -1.90. The Morgan fingerprint density at radius 3 is 2.50 bits per heavy atom. The highest BCUT2D eigenvalue weighted by Crippen LogP contribution is 2.24. The van der Waals surface area contributed by atoms with Crippen molar-refractivity contribution in [2.45, 2.75) is 32.5 Å². The number of rotatable bonds is 8. The maximum Gasteiger partial charge on any atom is 0.326 e. The van der Waals surface area contributed by atoms with Gasteiger partial charge in [-0.25, -0.2) is 4.79 Å². The topological polar surface area (TPSA) is 123 Å². The van der Waals surface area contributed by atoms with Gasteiger partial charge in [-0.15, -0.1) is 0 Å². The van der Waals surface area contributed by atoms with Crippen LogP contribution in [0.15, 0.2) is 10.9 Å². The third-order valence-corrected chi connectivity index (χ3v) is 3.45. The van der Waals surface area contributed by atoms with E-state index in [0.29, 0.717) is 6.54 Å². The van der Waals surface area contributed by atoms with Gasteiger partial charge in [-0.1, -0.05) is 6.92 Å². The number of aliphatic hydroxyl groups excluding tert-OH is 2. The molecule has 0 fully saturated rings. The van der Waals surface area contributed by atoms with Gasteiger partial charge < -0.3 is 25.0 Å². The zero-order valence-corrected chi connectivity index (χ0v) is 12.7. The number of carbonyl (C=O) groups is 1. The molecule has 1 unspecified atom stereocenters. The SMILES string of the molecule is CCC(C(=O)O)n1c(CO)cc(=O)c(O)c1CN(C)CCO. The lowest BCUT2D eigenvalue weighted by Crippen LogP contribution is -2.31. The fraction of sp³-hybridized carbons (Fsp3) is 0.571. The number of hydrogen-bond donors (Lipinski definition) is 4. The number of aromatic nitrogens is 1. The van der Waals surface area contributed by atoms with Crippen LogP contribution < -0.4 is 5.43 Å². The number of carboxylic acid groups (broad SMARTS) is 1. The van der Waals surface area contributed by atoms with Gasteiger partial charge in [0.2, 0.25) is 5.43 Å². The molecular formula is C14H22N2O6. The molecule has 0 saturated heterocycles. The van der Waals surface area contributed by atoms with E-state index in [9.17, 15) is 24.9 Å². The summed E-state index contributed by atoms with van der Waals surface area (Å²) in [6.45, 7) is 1.39. The molecule has 22 heavy (non-hydrogen) atoms. The Kier molecular flexibility index (Phi) is 6.54. The third-order valence-electron chi connectivity index (χ3n) is 3.45. The number of likely N-dealkylation sites (N-methyl/N-ethyl adjacent to an activating group) is 1. The van der Waals surface area contributed by atoms with Crippen LogP contribution in [-0.2, 0) is 17.9 Å². The van der Waals surface area contributed by atoms with Crippen LogP contribution in [0.1, 0.15) is 30.8 Å². The Bertz CT molecular complexity index is 583. The van der Waals surface area contributed by atoms with Crippen LogP contribution in [-0.4, -0.2) is 56.1 Å². The molecule has 0 spiro atoms. The lowest BCUT2D eigenvalue weighted by atomic mass is 10.1. The van der Waals surface area contributed by atoms with Gasteiger partial charge in [0, 0.05) is 24.8 Å². The minimum atomic E-state index is -1.12. The van der Waals surface area contributed by atoms with E-state index in [1.807, 2.05) is 0 Å². The van der Waals surface area contributed by atoms with E-state index in [-0.39, 0.29) is 31.0 Å². The Labute approximate surface area is 127 Å². The van der Waals surface area contributed by atoms with Crippen molar-refractivity contribution in [1.82, 2.24) is 9.47 Å². The van der Waals surface area contributed by atoms with Crippen molar-refractivity contribution in [3.63, 3.8) is 0 Å². The smallest absolute Gasteiger partial charge is 0.326 e. The average Bonchev–Trinajstić information content (AvgIpc) is 2.46. The minimum Gasteiger partial charge on any atom is -0.503 e. The molecule has 0 radical (unpaired) electrons. The van der Waals surface area contributed by atoms with Crippen molar-refractivity contribution in [2.24, 2.45) is 0 Å². The first-order chi connectivity index (χ1) is 10.4. The molecule has 8 nitrogen and oxygen atoms in total. The van der Waals surface area contributed by atoms with Crippen LogP contribution in [0.5, 0.6) is 5.75 Å². The van der Waals surface area contributed by atoms with Crippen molar-refractivity contribution >= 4 is 5.97 Å². The summed E-state index contributed by atoms with van der Waals surface area (Å²) < 4.78 is 1.28. The highest BCUT2D eigenvalue weighted by molar-refractivity contribution is 5.72. The number of aliphatic hydroxyl groups is 2. The third kappa shape index (κ3) is 3.85. The molecule has 0 amide bonds. The van der Waals surface area contributed by atoms with Gasteiger partial charge in [-0.05, 0) is 13.5 Å². The highest BCUT2D eigenvalue weighted by atomic mass is 16.4. The van der Waals surface area contributed by atoms with Crippen LogP contribution in [0.2, 0.25) is 0 Å². The summed E-state index contributed by atoms with van der Waals surface area (Å²) in [5.74, 6) is -1.66. The summed E-state index contributed by atoms with van der Waals surface area (Å²) in [7, 11) is 1.66. The van der Waals surface area contributed by atoms with Crippen LogP contribution in [0.3, 0.4) is 0 Å². The molecule has 1 rings (SSSR count). The Morgan fingerprint density at radius 2 is 2.05 bits per heavy atom. The number of aromatic hydroxyl groups is 1. The molecule has 1 aromatic rings. The van der Waals surface area contributed by atoms with Gasteiger partial charge in [0.25, 0.3) is 0 Å². The molecule has 0 bridgehead atoms. The Morgan fingerprint density at radius 1 is 1.41 bits per heavy atom. The summed E-state index contributed by atoms with van der Waals surface area (Å²) >= 11 is 0. The zero-order valence-electron chi connectivity index (χ0n) is 12.7. The van der Waals surface area contributed by atoms with Crippen molar-refractivity contribution in [2.75, 3.05) is 20.2 Å². The minimum absolute atomic E-state index is 0.0687. The second-order valence-corrected chi connectivity index (χ2v) is 5.05. The van der Waals surface area contributed by atoms with Crippen molar-refractivity contribution in [1.29, 1.82) is 0 Å². The molecule has 0 aliphatic rings. The number of carboxylic acids is 1. The van der Waals surface area contributed by atoms with E-state index < -0.39 is 29.8 Å². The predicted molar refractivity (Wildman–Crippen MR) is 78.7 cm³/mol. The molecule has 1 heterocycles. The molecule has 8 heteroatoms. The van der Waals surface area contributed by atoms with Gasteiger partial charge in [0.1, 0.15) is 6.04 Å². The monoisotopic (exact) mass is 314 g/mol. The van der Waals surface area contributed by atoms with E-state index in [1.54, 1.807) is 18.9 Å². The van der Waals surface area contributed by atoms with Crippen LogP contribution >= 0.6 is 0 Å². The lowest BCUT2D eigenvalue weighted by molar-refractivity contribution is -0.141. The second kappa shape index (κ2) is 7.92. The molecule has 0 aliphatic carbocycles. The molecule has 1 aromatic heterocycles. The number of aliphatic carboxylic acids is 1. The molecule has 0 aliphatic heterocycles. The highest BCUT2D eigenvalue weighted by Gasteiger charge is 2.25. The molecule has 4 N–H and O–H groups in total. The first-order valence-corrected chi connectivity index (χ1v) is 6.96. The fourth-order valence-corrected chi connectivity index (χ4v) is 2.35. The predicted octanol–water partition coefficient (Wildman–Crippen LogP) is -0.494. The van der Waals surface area contributed by atoms with Crippen LogP contribution in [0, 0.1) is 0 Å². The molecule has 0 aromatic carbocycles. The molecule has 124 valence electrons. The second-order valence-electron chi connectivity index (χ2n) is 5.05. The van der Waals surface area contributed by atoms with Crippen molar-refractivity contribution in [3.8, 4) is 5.75 Å². The zero-order chi connectivity index (χ0) is 16.9. The van der Waals surface area contributed by atoms with Gasteiger partial charge in [-0.3, -0.25) is 9.69 Å². The largest absolute Gasteiger partial charge is 0.503 e. The number of pyridine rings is 1. The van der Waals surface area contributed by atoms with Gasteiger partial charge in [-0.2, -0.15) is 0 Å². The van der Waals surface area contributed by atoms with E-state index in [0.717, 1.165) is 6.07 Å². The molecular weight excluding hydrogens is 292 g/mol. The average molecular weight is 314 g/mol. The fourth-order valence-electron chi connectivity index (χ4n) is 2.35. The quantitative estimate of drug-likeness (QED) is 0.510.